The van der Waals surface area contributed by atoms with Gasteiger partial charge in [0.25, 0.3) is 0 Å². The molecule has 1 N–H and O–H groups in total. The molecule has 0 aliphatic carbocycles. The number of aryl methyl sites for hydroxylation is 2. The first-order chi connectivity index (χ1) is 15.8. The average molecular weight is 495 g/mol. The van der Waals surface area contributed by atoms with Gasteiger partial charge in [-0.1, -0.05) is 6.07 Å². The number of hydrogen-bond donors (Lipinski definition) is 1. The lowest BCUT2D eigenvalue weighted by atomic mass is 10.1. The van der Waals surface area contributed by atoms with E-state index in [0.717, 1.165) is 16.9 Å². The van der Waals surface area contributed by atoms with Crippen molar-refractivity contribution in [3.8, 4) is 11.5 Å². The van der Waals surface area contributed by atoms with Crippen LogP contribution in [-0.4, -0.2) is 70.2 Å². The van der Waals surface area contributed by atoms with Gasteiger partial charge in [-0.2, -0.15) is 4.31 Å². The summed E-state index contributed by atoms with van der Waals surface area (Å²) >= 11 is 1.45. The molecule has 0 atom stereocenters. The largest absolute Gasteiger partial charge is 0.495 e. The van der Waals surface area contributed by atoms with Gasteiger partial charge in [-0.3, -0.25) is 4.79 Å². The fraction of sp³-hybridized carbons (Fsp3) is 0.435. The number of benzene rings is 2. The molecule has 0 radical (unpaired) electrons. The van der Waals surface area contributed by atoms with E-state index in [4.69, 9.17) is 14.2 Å². The Hall–Kier alpha value is -2.27. The van der Waals surface area contributed by atoms with E-state index in [0.29, 0.717) is 31.3 Å². The number of amides is 1. The highest BCUT2D eigenvalue weighted by molar-refractivity contribution is 7.99. The minimum Gasteiger partial charge on any atom is -0.495 e. The molecule has 180 valence electrons. The molecule has 2 aromatic rings. The maximum atomic E-state index is 13.1. The fourth-order valence-electron chi connectivity index (χ4n) is 3.48. The van der Waals surface area contributed by atoms with Crippen molar-refractivity contribution in [2.45, 2.75) is 18.7 Å². The molecule has 1 heterocycles. The van der Waals surface area contributed by atoms with Crippen molar-refractivity contribution in [1.29, 1.82) is 0 Å². The number of nitrogens with zero attached hydrogens (tertiary/aromatic N) is 1. The van der Waals surface area contributed by atoms with E-state index < -0.39 is 10.0 Å². The van der Waals surface area contributed by atoms with Crippen molar-refractivity contribution in [1.82, 2.24) is 4.31 Å². The Labute approximate surface area is 199 Å². The standard InChI is InChI=1S/C23H30N2O6S2/c1-17-12-18(2)14-20(13-17)31-10-11-32-16-23(26)24-19-4-5-21(29-3)22(15-19)33(27,28)25-6-8-30-9-7-25/h4-5,12-15H,6-11,16H2,1-3H3,(H,24,26). The number of carbonyl (C=O) groups excluding carboxylic acids is 1. The van der Waals surface area contributed by atoms with Crippen LogP contribution < -0.4 is 14.8 Å². The second kappa shape index (κ2) is 11.7. The Morgan fingerprint density at radius 2 is 1.82 bits per heavy atom. The van der Waals surface area contributed by atoms with Gasteiger partial charge >= 0.3 is 0 Å². The van der Waals surface area contributed by atoms with Gasteiger partial charge in [-0.25, -0.2) is 8.42 Å². The van der Waals surface area contributed by atoms with Crippen molar-refractivity contribution in [3.05, 3.63) is 47.5 Å². The number of morpholine rings is 1. The maximum Gasteiger partial charge on any atom is 0.246 e. The molecule has 1 aliphatic rings. The van der Waals surface area contributed by atoms with E-state index in [1.54, 1.807) is 12.1 Å². The highest BCUT2D eigenvalue weighted by Gasteiger charge is 2.29. The third-order valence-corrected chi connectivity index (χ3v) is 7.80. The Kier molecular flexibility index (Phi) is 9.02. The van der Waals surface area contributed by atoms with E-state index in [1.165, 1.54) is 29.2 Å². The van der Waals surface area contributed by atoms with E-state index in [-0.39, 0.29) is 35.4 Å². The number of rotatable bonds is 10. The summed E-state index contributed by atoms with van der Waals surface area (Å²) < 4.78 is 43.8. The lowest BCUT2D eigenvalue weighted by Crippen LogP contribution is -2.40. The third kappa shape index (κ3) is 7.10. The summed E-state index contributed by atoms with van der Waals surface area (Å²) in [4.78, 5) is 12.4. The summed E-state index contributed by atoms with van der Waals surface area (Å²) in [5, 5.41) is 2.77. The summed E-state index contributed by atoms with van der Waals surface area (Å²) in [6.07, 6.45) is 0. The van der Waals surface area contributed by atoms with Crippen LogP contribution in [0.5, 0.6) is 11.5 Å². The van der Waals surface area contributed by atoms with Crippen LogP contribution in [0.3, 0.4) is 0 Å². The van der Waals surface area contributed by atoms with Gasteiger partial charge < -0.3 is 19.5 Å². The number of carbonyl (C=O) groups is 1. The van der Waals surface area contributed by atoms with Crippen LogP contribution in [0.2, 0.25) is 0 Å². The quantitative estimate of drug-likeness (QED) is 0.507. The number of methoxy groups -OCH3 is 1. The average Bonchev–Trinajstić information content (AvgIpc) is 2.78. The van der Waals surface area contributed by atoms with E-state index in [1.807, 2.05) is 26.0 Å². The molecule has 3 rings (SSSR count). The van der Waals surface area contributed by atoms with Crippen LogP contribution in [0.4, 0.5) is 5.69 Å². The van der Waals surface area contributed by atoms with Gasteiger partial charge in [0, 0.05) is 24.5 Å². The molecule has 2 aromatic carbocycles. The lowest BCUT2D eigenvalue weighted by molar-refractivity contribution is -0.113. The Balaban J connectivity index is 1.53. The molecular formula is C23H30N2O6S2. The third-order valence-electron chi connectivity index (χ3n) is 4.96. The first-order valence-electron chi connectivity index (χ1n) is 10.6. The van der Waals surface area contributed by atoms with Crippen molar-refractivity contribution in [2.24, 2.45) is 0 Å². The highest BCUT2D eigenvalue weighted by Crippen LogP contribution is 2.30. The molecule has 0 bridgehead atoms. The highest BCUT2D eigenvalue weighted by atomic mass is 32.2. The minimum atomic E-state index is -3.76. The monoisotopic (exact) mass is 494 g/mol. The van der Waals surface area contributed by atoms with E-state index in [9.17, 15) is 13.2 Å². The predicted molar refractivity (Wildman–Crippen MR) is 130 cm³/mol. The van der Waals surface area contributed by atoms with Gasteiger partial charge in [0.1, 0.15) is 16.4 Å². The van der Waals surface area contributed by atoms with Crippen LogP contribution >= 0.6 is 11.8 Å². The van der Waals surface area contributed by atoms with Crippen LogP contribution in [0.15, 0.2) is 41.3 Å². The topological polar surface area (TPSA) is 94.2 Å². The van der Waals surface area contributed by atoms with Crippen molar-refractivity contribution in [3.63, 3.8) is 0 Å². The van der Waals surface area contributed by atoms with Gasteiger partial charge in [0.15, 0.2) is 0 Å². The SMILES string of the molecule is COc1ccc(NC(=O)CSCCOc2cc(C)cc(C)c2)cc1S(=O)(=O)N1CCOCC1. The lowest BCUT2D eigenvalue weighted by Gasteiger charge is -2.26. The zero-order chi connectivity index (χ0) is 23.8. The Bertz CT molecular complexity index is 1050. The second-order valence-electron chi connectivity index (χ2n) is 7.65. The van der Waals surface area contributed by atoms with Crippen molar-refractivity contribution >= 4 is 33.4 Å². The maximum absolute atomic E-state index is 13.1. The molecule has 1 amide bonds. The number of hydrogen-bond acceptors (Lipinski definition) is 7. The zero-order valence-electron chi connectivity index (χ0n) is 19.1. The summed E-state index contributed by atoms with van der Waals surface area (Å²) in [5.41, 5.74) is 2.69. The molecule has 1 fully saturated rings. The molecule has 0 saturated carbocycles. The molecular weight excluding hydrogens is 464 g/mol. The molecule has 1 saturated heterocycles. The molecule has 0 aromatic heterocycles. The summed E-state index contributed by atoms with van der Waals surface area (Å²) in [6, 6.07) is 10.7. The molecule has 0 unspecified atom stereocenters. The van der Waals surface area contributed by atoms with Crippen LogP contribution in [0, 0.1) is 13.8 Å². The number of thioether (sulfide) groups is 1. The summed E-state index contributed by atoms with van der Waals surface area (Å²) in [6.45, 7) is 5.80. The van der Waals surface area contributed by atoms with Gasteiger partial charge in [0.05, 0.1) is 32.7 Å². The van der Waals surface area contributed by atoms with E-state index >= 15 is 0 Å². The Morgan fingerprint density at radius 1 is 1.12 bits per heavy atom. The van der Waals surface area contributed by atoms with Crippen molar-refractivity contribution < 1.29 is 27.4 Å². The van der Waals surface area contributed by atoms with Crippen LogP contribution in [0.1, 0.15) is 11.1 Å². The number of sulfonamides is 1. The molecule has 33 heavy (non-hydrogen) atoms. The molecule has 0 spiro atoms. The molecule has 1 aliphatic heterocycles. The van der Waals surface area contributed by atoms with Gasteiger partial charge in [-0.15, -0.1) is 11.8 Å². The smallest absolute Gasteiger partial charge is 0.246 e. The van der Waals surface area contributed by atoms with Crippen LogP contribution in [0.25, 0.3) is 0 Å². The first-order valence-corrected chi connectivity index (χ1v) is 13.2. The molecule has 8 nitrogen and oxygen atoms in total. The van der Waals surface area contributed by atoms with Gasteiger partial charge in [0.2, 0.25) is 15.9 Å². The first kappa shape index (κ1) is 25.4. The number of nitrogens with one attached hydrogen (secondary N) is 1. The predicted octanol–water partition coefficient (Wildman–Crippen LogP) is 3.08. The minimum absolute atomic E-state index is 0.0270. The zero-order valence-corrected chi connectivity index (χ0v) is 20.8. The van der Waals surface area contributed by atoms with Gasteiger partial charge in [-0.05, 0) is 55.3 Å². The van der Waals surface area contributed by atoms with Crippen LogP contribution in [-0.2, 0) is 19.6 Å². The van der Waals surface area contributed by atoms with Crippen molar-refractivity contribution in [2.75, 3.05) is 56.8 Å². The summed E-state index contributed by atoms with van der Waals surface area (Å²) in [7, 11) is -2.35. The number of ether oxygens (including phenoxy) is 3. The fourth-order valence-corrected chi connectivity index (χ4v) is 5.67. The summed E-state index contributed by atoms with van der Waals surface area (Å²) in [5.74, 6) is 1.72. The molecule has 10 heteroatoms. The second-order valence-corrected chi connectivity index (χ2v) is 10.7. The Morgan fingerprint density at radius 3 is 2.48 bits per heavy atom. The van der Waals surface area contributed by atoms with E-state index in [2.05, 4.69) is 11.4 Å². The number of anilines is 1. The normalized spacial score (nSPS) is 14.6.